The van der Waals surface area contributed by atoms with Gasteiger partial charge in [0.1, 0.15) is 37.3 Å². The van der Waals surface area contributed by atoms with Crippen LogP contribution in [0.25, 0.3) is 0 Å². The number of aliphatic hydroxyl groups is 4. The first-order valence-electron chi connectivity index (χ1n) is 7.79. The van der Waals surface area contributed by atoms with Gasteiger partial charge in [-0.05, 0) is 11.6 Å². The smallest absolute Gasteiger partial charge is 0.341 e. The molecule has 0 amide bonds. The lowest BCUT2D eigenvalue weighted by Crippen LogP contribution is -2.60. The van der Waals surface area contributed by atoms with Gasteiger partial charge in [-0.3, -0.25) is 0 Å². The van der Waals surface area contributed by atoms with Crippen molar-refractivity contribution in [3.8, 4) is 0 Å². The van der Waals surface area contributed by atoms with E-state index in [4.69, 9.17) is 18.9 Å². The van der Waals surface area contributed by atoms with E-state index in [-0.39, 0.29) is 12.2 Å². The molecular formula is C16H20O9. The molecule has 3 heterocycles. The van der Waals surface area contributed by atoms with Gasteiger partial charge in [0.2, 0.25) is 6.29 Å². The molecule has 138 valence electrons. The molecule has 4 N–H and O–H groups in total. The second-order valence-corrected chi connectivity index (χ2v) is 5.89. The Morgan fingerprint density at radius 2 is 2.00 bits per heavy atom. The maximum absolute atomic E-state index is 11.8. The number of hydrogen-bond donors (Lipinski definition) is 4. The van der Waals surface area contributed by atoms with Gasteiger partial charge in [0.05, 0.1) is 18.1 Å². The lowest BCUT2D eigenvalue weighted by molar-refractivity contribution is -0.336. The molecule has 9 nitrogen and oxygen atoms in total. The third kappa shape index (κ3) is 3.22. The molecule has 0 aromatic heterocycles. The summed E-state index contributed by atoms with van der Waals surface area (Å²) in [6.07, 6.45) is -3.61. The summed E-state index contributed by atoms with van der Waals surface area (Å²) in [5.41, 5.74) is 0.872. The van der Waals surface area contributed by atoms with Gasteiger partial charge in [-0.25, -0.2) is 4.79 Å². The Balaban J connectivity index is 1.78. The van der Waals surface area contributed by atoms with E-state index >= 15 is 0 Å². The molecule has 0 radical (unpaired) electrons. The monoisotopic (exact) mass is 356 g/mol. The lowest BCUT2D eigenvalue weighted by atomic mass is 9.89. The first kappa shape index (κ1) is 18.1. The molecule has 0 aromatic rings. The van der Waals surface area contributed by atoms with Crippen molar-refractivity contribution in [2.24, 2.45) is 5.92 Å². The Morgan fingerprint density at radius 1 is 1.24 bits per heavy atom. The summed E-state index contributed by atoms with van der Waals surface area (Å²) in [5.74, 6) is -1.06. The summed E-state index contributed by atoms with van der Waals surface area (Å²) in [6, 6.07) is 0. The Hall–Kier alpha value is -1.75. The highest BCUT2D eigenvalue weighted by Crippen LogP contribution is 2.35. The van der Waals surface area contributed by atoms with E-state index in [9.17, 15) is 25.2 Å². The number of esters is 1. The fourth-order valence-corrected chi connectivity index (χ4v) is 2.98. The zero-order valence-electron chi connectivity index (χ0n) is 13.2. The van der Waals surface area contributed by atoms with Crippen LogP contribution in [-0.2, 0) is 23.7 Å². The lowest BCUT2D eigenvalue weighted by Gasteiger charge is -2.42. The maximum Gasteiger partial charge on any atom is 0.341 e. The second-order valence-electron chi connectivity index (χ2n) is 5.89. The van der Waals surface area contributed by atoms with Gasteiger partial charge < -0.3 is 39.4 Å². The molecule has 25 heavy (non-hydrogen) atoms. The molecule has 0 aromatic carbocycles. The molecule has 0 bridgehead atoms. The van der Waals surface area contributed by atoms with Gasteiger partial charge >= 0.3 is 5.97 Å². The number of carbonyl (C=O) groups is 1. The normalized spacial score (nSPS) is 41.0. The van der Waals surface area contributed by atoms with Crippen LogP contribution < -0.4 is 0 Å². The van der Waals surface area contributed by atoms with Crippen LogP contribution in [0.1, 0.15) is 0 Å². The summed E-state index contributed by atoms with van der Waals surface area (Å²) in [4.78, 5) is 11.8. The maximum atomic E-state index is 11.8. The minimum Gasteiger partial charge on any atom is -0.471 e. The van der Waals surface area contributed by atoms with Crippen LogP contribution in [-0.4, -0.2) is 76.6 Å². The molecule has 0 aliphatic carbocycles. The van der Waals surface area contributed by atoms with E-state index in [1.54, 1.807) is 6.08 Å². The highest BCUT2D eigenvalue weighted by atomic mass is 16.8. The minimum atomic E-state index is -1.56. The number of cyclic esters (lactones) is 1. The van der Waals surface area contributed by atoms with Crippen LogP contribution in [0, 0.1) is 5.92 Å². The van der Waals surface area contributed by atoms with Crippen molar-refractivity contribution < 1.29 is 44.2 Å². The van der Waals surface area contributed by atoms with Crippen LogP contribution in [0.5, 0.6) is 0 Å². The van der Waals surface area contributed by atoms with Crippen molar-refractivity contribution in [3.05, 3.63) is 36.1 Å². The highest BCUT2D eigenvalue weighted by molar-refractivity contribution is 5.94. The average molecular weight is 356 g/mol. The molecule has 1 saturated heterocycles. The number of aliphatic hydroxyl groups excluding tert-OH is 4. The number of ether oxygens (including phenoxy) is 4. The molecule has 0 spiro atoms. The number of hydrogen-bond acceptors (Lipinski definition) is 9. The Morgan fingerprint density at radius 3 is 2.68 bits per heavy atom. The molecule has 9 heteroatoms. The quantitative estimate of drug-likeness (QED) is 0.344. The van der Waals surface area contributed by atoms with E-state index in [2.05, 4.69) is 6.58 Å². The van der Waals surface area contributed by atoms with E-state index in [1.807, 2.05) is 0 Å². The molecular weight excluding hydrogens is 336 g/mol. The molecule has 2 unspecified atom stereocenters. The third-order valence-electron chi connectivity index (χ3n) is 4.39. The standard InChI is InChI=1S/C16H20O9/c1-2-7-8-3-4-22-14(21)9(8)6-23-15(7)25-16-13(20)12(19)11(18)10(5-17)24-16/h2-3,6-7,10-13,15-20H,1,4-5H2/t7?,10-,11-,12+,13-,15?,16+/m0/s1. The fourth-order valence-electron chi connectivity index (χ4n) is 2.98. The van der Waals surface area contributed by atoms with Crippen molar-refractivity contribution in [2.75, 3.05) is 13.2 Å². The topological polar surface area (TPSA) is 135 Å². The predicted octanol–water partition coefficient (Wildman–Crippen LogP) is -1.67. The molecule has 7 atom stereocenters. The molecule has 1 fully saturated rings. The molecule has 3 rings (SSSR count). The Kier molecular flexibility index (Phi) is 5.23. The first-order chi connectivity index (χ1) is 12.0. The average Bonchev–Trinajstić information content (AvgIpc) is 2.62. The van der Waals surface area contributed by atoms with Crippen LogP contribution >= 0.6 is 0 Å². The van der Waals surface area contributed by atoms with E-state index in [1.165, 1.54) is 12.3 Å². The van der Waals surface area contributed by atoms with Crippen molar-refractivity contribution in [1.29, 1.82) is 0 Å². The Labute approximate surface area is 143 Å². The van der Waals surface area contributed by atoms with Gasteiger partial charge in [0.25, 0.3) is 0 Å². The van der Waals surface area contributed by atoms with E-state index in [0.717, 1.165) is 0 Å². The molecule has 3 aliphatic rings. The van der Waals surface area contributed by atoms with Gasteiger partial charge in [-0.15, -0.1) is 6.58 Å². The van der Waals surface area contributed by atoms with Crippen LogP contribution in [0.3, 0.4) is 0 Å². The third-order valence-corrected chi connectivity index (χ3v) is 4.39. The largest absolute Gasteiger partial charge is 0.471 e. The first-order valence-corrected chi connectivity index (χ1v) is 7.79. The van der Waals surface area contributed by atoms with Crippen molar-refractivity contribution >= 4 is 5.97 Å². The van der Waals surface area contributed by atoms with Crippen LogP contribution in [0.2, 0.25) is 0 Å². The minimum absolute atomic E-state index is 0.114. The van der Waals surface area contributed by atoms with Gasteiger partial charge in [0, 0.05) is 0 Å². The summed E-state index contributed by atoms with van der Waals surface area (Å²) >= 11 is 0. The SMILES string of the molecule is C=CC1C2=CCOC(=O)C2=COC1O[C@H]1O[C@@H](CO)[C@H](O)[C@@H](O)[C@@H]1O. The molecule has 0 saturated carbocycles. The number of carbonyl (C=O) groups excluding carboxylic acids is 1. The summed E-state index contributed by atoms with van der Waals surface area (Å²) in [7, 11) is 0. The van der Waals surface area contributed by atoms with E-state index < -0.39 is 55.5 Å². The van der Waals surface area contributed by atoms with Crippen molar-refractivity contribution in [1.82, 2.24) is 0 Å². The van der Waals surface area contributed by atoms with Gasteiger partial charge in [-0.2, -0.15) is 0 Å². The predicted molar refractivity (Wildman–Crippen MR) is 80.5 cm³/mol. The highest BCUT2D eigenvalue weighted by Gasteiger charge is 2.46. The van der Waals surface area contributed by atoms with Crippen molar-refractivity contribution in [2.45, 2.75) is 37.0 Å². The van der Waals surface area contributed by atoms with E-state index in [0.29, 0.717) is 5.57 Å². The Bertz CT molecular complexity index is 596. The fraction of sp³-hybridized carbons (Fsp3) is 0.562. The second kappa shape index (κ2) is 7.24. The van der Waals surface area contributed by atoms with Crippen LogP contribution in [0.15, 0.2) is 36.1 Å². The summed E-state index contributed by atoms with van der Waals surface area (Å²) < 4.78 is 21.2. The summed E-state index contributed by atoms with van der Waals surface area (Å²) in [5, 5.41) is 38.9. The van der Waals surface area contributed by atoms with Crippen molar-refractivity contribution in [3.63, 3.8) is 0 Å². The summed E-state index contributed by atoms with van der Waals surface area (Å²) in [6.45, 7) is 3.25. The molecule has 3 aliphatic heterocycles. The van der Waals surface area contributed by atoms with Gasteiger partial charge in [-0.1, -0.05) is 6.08 Å². The zero-order valence-corrected chi connectivity index (χ0v) is 13.2. The van der Waals surface area contributed by atoms with Gasteiger partial charge in [0.15, 0.2) is 6.29 Å². The number of rotatable bonds is 4. The van der Waals surface area contributed by atoms with Crippen LogP contribution in [0.4, 0.5) is 0 Å². The number of fused-ring (bicyclic) bond motifs is 1. The zero-order chi connectivity index (χ0) is 18.1.